The van der Waals surface area contributed by atoms with E-state index >= 15 is 0 Å². The molecule has 3 unspecified atom stereocenters. The predicted octanol–water partition coefficient (Wildman–Crippen LogP) is 3.53. The molecule has 3 aliphatic carbocycles. The Bertz CT molecular complexity index is 539. The maximum Gasteiger partial charge on any atom is 0.185 e. The first-order valence-corrected chi connectivity index (χ1v) is 8.76. The first-order chi connectivity index (χ1) is 9.70. The summed E-state index contributed by atoms with van der Waals surface area (Å²) in [5.74, 6) is 3.07. The molecule has 108 valence electrons. The molecule has 3 atom stereocenters. The van der Waals surface area contributed by atoms with Gasteiger partial charge in [-0.05, 0) is 49.9 Å². The second-order valence-corrected chi connectivity index (χ2v) is 7.92. The monoisotopic (exact) mass is 290 g/mol. The molecule has 2 bridgehead atoms. The number of thiazole rings is 1. The summed E-state index contributed by atoms with van der Waals surface area (Å²) in [6, 6.07) is 0. The van der Waals surface area contributed by atoms with Gasteiger partial charge in [0, 0.05) is 24.9 Å². The van der Waals surface area contributed by atoms with E-state index in [1.807, 2.05) is 0 Å². The number of aromatic nitrogens is 1. The first kappa shape index (κ1) is 12.8. The Labute approximate surface area is 124 Å². The van der Waals surface area contributed by atoms with Gasteiger partial charge in [0.1, 0.15) is 5.69 Å². The molecule has 3 nitrogen and oxygen atoms in total. The topological polar surface area (TPSA) is 33.2 Å². The fourth-order valence-corrected chi connectivity index (χ4v) is 5.54. The molecule has 3 aliphatic rings. The van der Waals surface area contributed by atoms with E-state index in [1.165, 1.54) is 30.6 Å². The Hall–Kier alpha value is -0.900. The SMILES string of the molecule is CN(CC1CC2CCC1C2)c1nc2c(s1)CCCC2=O. The lowest BCUT2D eigenvalue weighted by Gasteiger charge is -2.26. The number of hydrogen-bond donors (Lipinski definition) is 0. The van der Waals surface area contributed by atoms with Gasteiger partial charge in [-0.3, -0.25) is 4.79 Å². The van der Waals surface area contributed by atoms with E-state index in [-0.39, 0.29) is 5.78 Å². The van der Waals surface area contributed by atoms with E-state index < -0.39 is 0 Å². The Kier molecular flexibility index (Phi) is 3.09. The molecule has 20 heavy (non-hydrogen) atoms. The van der Waals surface area contributed by atoms with Gasteiger partial charge in [0.25, 0.3) is 0 Å². The maximum atomic E-state index is 11.9. The summed E-state index contributed by atoms with van der Waals surface area (Å²) >= 11 is 1.74. The quantitative estimate of drug-likeness (QED) is 0.853. The van der Waals surface area contributed by atoms with E-state index in [0.29, 0.717) is 6.42 Å². The van der Waals surface area contributed by atoms with Crippen molar-refractivity contribution in [3.8, 4) is 0 Å². The van der Waals surface area contributed by atoms with Crippen LogP contribution in [0, 0.1) is 17.8 Å². The minimum absolute atomic E-state index is 0.252. The van der Waals surface area contributed by atoms with Gasteiger partial charge >= 0.3 is 0 Å². The number of nitrogens with zero attached hydrogens (tertiary/aromatic N) is 2. The average molecular weight is 290 g/mol. The highest BCUT2D eigenvalue weighted by Gasteiger charge is 2.40. The van der Waals surface area contributed by atoms with E-state index in [9.17, 15) is 4.79 Å². The van der Waals surface area contributed by atoms with E-state index in [1.54, 1.807) is 11.3 Å². The second kappa shape index (κ2) is 4.83. The van der Waals surface area contributed by atoms with Crippen molar-refractivity contribution in [2.24, 2.45) is 17.8 Å². The number of carbonyl (C=O) groups is 1. The maximum absolute atomic E-state index is 11.9. The Morgan fingerprint density at radius 3 is 2.90 bits per heavy atom. The van der Waals surface area contributed by atoms with Crippen molar-refractivity contribution in [3.63, 3.8) is 0 Å². The fourth-order valence-electron chi connectivity index (χ4n) is 4.45. The fraction of sp³-hybridized carbons (Fsp3) is 0.750. The van der Waals surface area contributed by atoms with E-state index in [2.05, 4.69) is 16.9 Å². The van der Waals surface area contributed by atoms with Crippen LogP contribution in [0.4, 0.5) is 5.13 Å². The van der Waals surface area contributed by atoms with Crippen molar-refractivity contribution in [3.05, 3.63) is 10.6 Å². The van der Waals surface area contributed by atoms with Gasteiger partial charge in [0.15, 0.2) is 10.9 Å². The van der Waals surface area contributed by atoms with Crippen molar-refractivity contribution < 1.29 is 4.79 Å². The largest absolute Gasteiger partial charge is 0.351 e. The number of ketones is 1. The van der Waals surface area contributed by atoms with Gasteiger partial charge in [-0.1, -0.05) is 6.42 Å². The normalized spacial score (nSPS) is 31.6. The van der Waals surface area contributed by atoms with Crippen LogP contribution in [-0.2, 0) is 6.42 Å². The molecule has 0 aliphatic heterocycles. The van der Waals surface area contributed by atoms with Crippen LogP contribution in [-0.4, -0.2) is 24.4 Å². The zero-order chi connectivity index (χ0) is 13.7. The zero-order valence-corrected chi connectivity index (χ0v) is 12.9. The highest BCUT2D eigenvalue weighted by atomic mass is 32.1. The van der Waals surface area contributed by atoms with Gasteiger partial charge in [-0.2, -0.15) is 0 Å². The summed E-state index contributed by atoms with van der Waals surface area (Å²) in [7, 11) is 2.15. The van der Waals surface area contributed by atoms with Gasteiger partial charge in [0.2, 0.25) is 0 Å². The van der Waals surface area contributed by atoms with Crippen molar-refractivity contribution in [1.29, 1.82) is 0 Å². The number of carbonyl (C=O) groups excluding carboxylic acids is 1. The van der Waals surface area contributed by atoms with Gasteiger partial charge < -0.3 is 4.90 Å². The molecular weight excluding hydrogens is 268 g/mol. The molecule has 1 heterocycles. The lowest BCUT2D eigenvalue weighted by atomic mass is 9.88. The van der Waals surface area contributed by atoms with Crippen molar-refractivity contribution in [2.75, 3.05) is 18.5 Å². The molecule has 4 heteroatoms. The number of rotatable bonds is 3. The summed E-state index contributed by atoms with van der Waals surface area (Å²) < 4.78 is 0. The van der Waals surface area contributed by atoms with Crippen LogP contribution >= 0.6 is 11.3 Å². The second-order valence-electron chi connectivity index (χ2n) is 6.86. The van der Waals surface area contributed by atoms with Crippen molar-refractivity contribution >= 4 is 22.3 Å². The minimum Gasteiger partial charge on any atom is -0.351 e. The first-order valence-electron chi connectivity index (χ1n) is 7.94. The van der Waals surface area contributed by atoms with Crippen LogP contribution in [0.15, 0.2) is 0 Å². The third-order valence-corrected chi connectivity index (χ3v) is 6.71. The van der Waals surface area contributed by atoms with Gasteiger partial charge in [-0.15, -0.1) is 11.3 Å². The highest BCUT2D eigenvalue weighted by Crippen LogP contribution is 2.48. The van der Waals surface area contributed by atoms with Crippen LogP contribution < -0.4 is 4.90 Å². The molecular formula is C16H22N2OS. The third kappa shape index (κ3) is 2.09. The molecule has 2 saturated carbocycles. The number of aryl methyl sites for hydroxylation is 1. The van der Waals surface area contributed by atoms with Crippen LogP contribution in [0.2, 0.25) is 0 Å². The summed E-state index contributed by atoms with van der Waals surface area (Å²) in [5.41, 5.74) is 0.774. The Morgan fingerprint density at radius 2 is 2.20 bits per heavy atom. The lowest BCUT2D eigenvalue weighted by molar-refractivity contribution is 0.0968. The summed E-state index contributed by atoms with van der Waals surface area (Å²) in [5, 5.41) is 1.06. The van der Waals surface area contributed by atoms with E-state index in [0.717, 1.165) is 48.0 Å². The molecule has 2 fully saturated rings. The Balaban J connectivity index is 1.48. The molecule has 0 saturated heterocycles. The molecule has 4 rings (SSSR count). The molecule has 0 radical (unpaired) electrons. The van der Waals surface area contributed by atoms with Crippen LogP contribution in [0.3, 0.4) is 0 Å². The molecule has 0 aromatic carbocycles. The van der Waals surface area contributed by atoms with Crippen LogP contribution in [0.25, 0.3) is 0 Å². The van der Waals surface area contributed by atoms with Crippen molar-refractivity contribution in [1.82, 2.24) is 4.98 Å². The molecule has 0 N–H and O–H groups in total. The van der Waals surface area contributed by atoms with Crippen LogP contribution in [0.1, 0.15) is 53.9 Å². The van der Waals surface area contributed by atoms with Crippen LogP contribution in [0.5, 0.6) is 0 Å². The highest BCUT2D eigenvalue weighted by molar-refractivity contribution is 7.16. The zero-order valence-electron chi connectivity index (χ0n) is 12.1. The number of anilines is 1. The molecule has 1 aromatic rings. The smallest absolute Gasteiger partial charge is 0.185 e. The van der Waals surface area contributed by atoms with Crippen molar-refractivity contribution in [2.45, 2.75) is 44.9 Å². The molecule has 1 aromatic heterocycles. The lowest BCUT2D eigenvalue weighted by Crippen LogP contribution is -2.28. The molecule has 0 amide bonds. The summed E-state index contributed by atoms with van der Waals surface area (Å²) in [6.07, 6.45) is 8.52. The third-order valence-electron chi connectivity index (χ3n) is 5.48. The Morgan fingerprint density at radius 1 is 1.30 bits per heavy atom. The van der Waals surface area contributed by atoms with Gasteiger partial charge in [-0.25, -0.2) is 4.98 Å². The number of hydrogen-bond acceptors (Lipinski definition) is 4. The number of Topliss-reactive ketones (excluding diaryl/α,β-unsaturated/α-hetero) is 1. The number of fused-ring (bicyclic) bond motifs is 3. The standard InChI is InChI=1S/C16H22N2OS/c1-18(9-12-8-10-5-6-11(12)7-10)16-17-15-13(19)3-2-4-14(15)20-16/h10-12H,2-9H2,1H3. The molecule has 0 spiro atoms. The van der Waals surface area contributed by atoms with E-state index in [4.69, 9.17) is 0 Å². The summed E-state index contributed by atoms with van der Waals surface area (Å²) in [6.45, 7) is 1.13. The average Bonchev–Trinajstić information content (AvgIpc) is 3.12. The van der Waals surface area contributed by atoms with Gasteiger partial charge in [0.05, 0.1) is 0 Å². The summed E-state index contributed by atoms with van der Waals surface area (Å²) in [4.78, 5) is 20.1. The predicted molar refractivity (Wildman–Crippen MR) is 81.6 cm³/mol. The minimum atomic E-state index is 0.252.